The van der Waals surface area contributed by atoms with Crippen molar-refractivity contribution in [2.45, 2.75) is 84.5 Å². The number of unbranched alkanes of at least 4 members (excludes halogenated alkanes) is 9. The molecule has 20 heavy (non-hydrogen) atoms. The zero-order valence-electron chi connectivity index (χ0n) is 15.5. The molecule has 0 aromatic heterocycles. The maximum Gasteiger partial charge on any atom is 2.00 e. The summed E-state index contributed by atoms with van der Waals surface area (Å²) in [6.07, 6.45) is 12.9. The third-order valence-corrected chi connectivity index (χ3v) is 4.53. The predicted octanol–water partition coefficient (Wildman–Crippen LogP) is 4.51. The molecule has 0 aliphatic carbocycles. The summed E-state index contributed by atoms with van der Waals surface area (Å²) in [5.74, 6) is 0.184. The molecule has 0 fully saturated rings. The number of rotatable bonds is 14. The standard InChI is InChI=1S/C15H32O3S.Ca.2H/c1-3-5-6-7-8-9-10-11-12-13-15-19(16,17)18-14-4-2;;;/h3-15H2,1-2H3;;;/q;+2;2*-1. The SMILES string of the molecule is CCCCCCCCCCCCS(=O)(=O)OCCC.[Ca+2].[H-].[H-]. The molecule has 0 aromatic carbocycles. The molecule has 0 aliphatic rings. The minimum Gasteiger partial charge on any atom is -1.00 e. The van der Waals surface area contributed by atoms with Crippen molar-refractivity contribution in [3.05, 3.63) is 0 Å². The minimum absolute atomic E-state index is 0. The summed E-state index contributed by atoms with van der Waals surface area (Å²) in [6, 6.07) is 0. The molecule has 0 saturated carbocycles. The first-order chi connectivity index (χ1) is 9.12. The molecule has 0 radical (unpaired) electrons. The topological polar surface area (TPSA) is 43.4 Å². The molecule has 0 atom stereocenters. The van der Waals surface area contributed by atoms with E-state index in [4.69, 9.17) is 4.18 Å². The van der Waals surface area contributed by atoms with E-state index in [0.717, 1.165) is 25.7 Å². The van der Waals surface area contributed by atoms with Crippen molar-refractivity contribution >= 4 is 47.9 Å². The quantitative estimate of drug-likeness (QED) is 0.267. The van der Waals surface area contributed by atoms with Gasteiger partial charge < -0.3 is 2.85 Å². The number of hydrogen-bond acceptors (Lipinski definition) is 3. The van der Waals surface area contributed by atoms with Crippen LogP contribution in [0.25, 0.3) is 0 Å². The van der Waals surface area contributed by atoms with Crippen LogP contribution in [0, 0.1) is 0 Å². The Kier molecular flexibility index (Phi) is 19.4. The van der Waals surface area contributed by atoms with E-state index in [2.05, 4.69) is 6.92 Å². The smallest absolute Gasteiger partial charge is 1.00 e. The second kappa shape index (κ2) is 16.5. The van der Waals surface area contributed by atoms with Crippen molar-refractivity contribution < 1.29 is 15.5 Å². The second-order valence-corrected chi connectivity index (χ2v) is 7.03. The van der Waals surface area contributed by atoms with Crippen LogP contribution in [0.3, 0.4) is 0 Å². The van der Waals surface area contributed by atoms with E-state index in [0.29, 0.717) is 6.61 Å². The average molecular weight is 335 g/mol. The first-order valence-corrected chi connectivity index (χ1v) is 9.57. The predicted molar refractivity (Wildman–Crippen MR) is 89.9 cm³/mol. The fraction of sp³-hybridized carbons (Fsp3) is 1.00. The Labute approximate surface area is 159 Å². The van der Waals surface area contributed by atoms with E-state index in [1.807, 2.05) is 6.92 Å². The van der Waals surface area contributed by atoms with Crippen molar-refractivity contribution in [1.82, 2.24) is 0 Å². The van der Waals surface area contributed by atoms with Crippen LogP contribution in [0.15, 0.2) is 0 Å². The van der Waals surface area contributed by atoms with Gasteiger partial charge in [-0.25, -0.2) is 0 Å². The van der Waals surface area contributed by atoms with Crippen molar-refractivity contribution in [1.29, 1.82) is 0 Å². The molecule has 120 valence electrons. The maximum absolute atomic E-state index is 11.4. The van der Waals surface area contributed by atoms with E-state index < -0.39 is 10.1 Å². The van der Waals surface area contributed by atoms with E-state index in [1.54, 1.807) is 0 Å². The Bertz CT molecular complexity index is 289. The third kappa shape index (κ3) is 17.2. The summed E-state index contributed by atoms with van der Waals surface area (Å²) < 4.78 is 27.6. The van der Waals surface area contributed by atoms with Gasteiger partial charge in [0.25, 0.3) is 10.1 Å². The van der Waals surface area contributed by atoms with E-state index >= 15 is 0 Å². The van der Waals surface area contributed by atoms with Gasteiger partial charge >= 0.3 is 37.7 Å². The molecule has 0 heterocycles. The molecule has 0 spiro atoms. The van der Waals surface area contributed by atoms with Gasteiger partial charge in [0.05, 0.1) is 12.4 Å². The van der Waals surface area contributed by atoms with Crippen LogP contribution >= 0.6 is 0 Å². The van der Waals surface area contributed by atoms with Gasteiger partial charge in [-0.15, -0.1) is 0 Å². The molecular weight excluding hydrogens is 300 g/mol. The third-order valence-electron chi connectivity index (χ3n) is 3.21. The Balaban J connectivity index is -0.000000540. The van der Waals surface area contributed by atoms with Gasteiger partial charge in [-0.2, -0.15) is 8.42 Å². The Hall–Kier alpha value is 1.17. The van der Waals surface area contributed by atoms with E-state index in [-0.39, 0.29) is 46.3 Å². The van der Waals surface area contributed by atoms with Gasteiger partial charge in [0, 0.05) is 0 Å². The number of hydrogen-bond donors (Lipinski definition) is 0. The Morgan fingerprint density at radius 3 is 1.65 bits per heavy atom. The normalized spacial score (nSPS) is 11.3. The summed E-state index contributed by atoms with van der Waals surface area (Å²) in [6.45, 7) is 4.47. The van der Waals surface area contributed by atoms with Crippen LogP contribution in [-0.4, -0.2) is 58.5 Å². The molecule has 0 amide bonds. The Morgan fingerprint density at radius 1 is 0.750 bits per heavy atom. The zero-order chi connectivity index (χ0) is 14.4. The fourth-order valence-corrected chi connectivity index (χ4v) is 3.13. The van der Waals surface area contributed by atoms with E-state index in [1.165, 1.54) is 44.9 Å². The van der Waals surface area contributed by atoms with Gasteiger partial charge in [-0.3, -0.25) is 4.18 Å². The fourth-order valence-electron chi connectivity index (χ4n) is 2.04. The first kappa shape index (κ1) is 23.4. The molecular formula is C15H34CaO3S. The molecule has 5 heteroatoms. The summed E-state index contributed by atoms with van der Waals surface area (Å²) >= 11 is 0. The summed E-state index contributed by atoms with van der Waals surface area (Å²) in [5.41, 5.74) is 0. The second-order valence-electron chi connectivity index (χ2n) is 5.27. The molecule has 0 unspecified atom stereocenters. The Morgan fingerprint density at radius 2 is 1.20 bits per heavy atom. The molecule has 0 aliphatic heterocycles. The monoisotopic (exact) mass is 334 g/mol. The molecule has 0 N–H and O–H groups in total. The van der Waals surface area contributed by atoms with Crippen LogP contribution < -0.4 is 0 Å². The minimum atomic E-state index is -3.25. The zero-order valence-corrected chi connectivity index (χ0v) is 16.6. The van der Waals surface area contributed by atoms with E-state index in [9.17, 15) is 8.42 Å². The van der Waals surface area contributed by atoms with Crippen molar-refractivity contribution in [3.63, 3.8) is 0 Å². The van der Waals surface area contributed by atoms with Gasteiger partial charge in [-0.05, 0) is 12.8 Å². The molecule has 0 bridgehead atoms. The summed E-state index contributed by atoms with van der Waals surface area (Å²) in [5, 5.41) is 0. The van der Waals surface area contributed by atoms with Gasteiger partial charge in [-0.1, -0.05) is 71.6 Å². The van der Waals surface area contributed by atoms with Crippen LogP contribution in [0.2, 0.25) is 0 Å². The van der Waals surface area contributed by atoms with Crippen molar-refractivity contribution in [2.24, 2.45) is 0 Å². The van der Waals surface area contributed by atoms with Gasteiger partial charge in [0.1, 0.15) is 0 Å². The largest absolute Gasteiger partial charge is 2.00 e. The molecule has 3 nitrogen and oxygen atoms in total. The molecule has 0 saturated heterocycles. The summed E-state index contributed by atoms with van der Waals surface area (Å²) in [4.78, 5) is 0. The maximum atomic E-state index is 11.4. The van der Waals surface area contributed by atoms with Crippen LogP contribution in [-0.2, 0) is 14.3 Å². The van der Waals surface area contributed by atoms with Crippen molar-refractivity contribution in [3.8, 4) is 0 Å². The van der Waals surface area contributed by atoms with Gasteiger partial charge in [0.15, 0.2) is 0 Å². The first-order valence-electron chi connectivity index (χ1n) is 7.99. The molecule has 0 rings (SSSR count). The van der Waals surface area contributed by atoms with Gasteiger partial charge in [0.2, 0.25) is 0 Å². The van der Waals surface area contributed by atoms with Crippen LogP contribution in [0.4, 0.5) is 0 Å². The van der Waals surface area contributed by atoms with Crippen LogP contribution in [0.5, 0.6) is 0 Å². The van der Waals surface area contributed by atoms with Crippen LogP contribution in [0.1, 0.15) is 87.3 Å². The van der Waals surface area contributed by atoms with Crippen molar-refractivity contribution in [2.75, 3.05) is 12.4 Å². The molecule has 0 aromatic rings. The summed E-state index contributed by atoms with van der Waals surface area (Å²) in [7, 11) is -3.25. The average Bonchev–Trinajstić information content (AvgIpc) is 2.38.